The molecule has 5 heteroatoms. The van der Waals surface area contributed by atoms with Crippen LogP contribution in [-0.4, -0.2) is 11.5 Å². The van der Waals surface area contributed by atoms with Crippen molar-refractivity contribution < 1.29 is 8.81 Å². The maximum Gasteiger partial charge on any atom is 0.196 e. The van der Waals surface area contributed by atoms with Crippen LogP contribution >= 0.6 is 11.6 Å². The maximum atomic E-state index is 13.5. The second-order valence-corrected chi connectivity index (χ2v) is 3.72. The summed E-state index contributed by atoms with van der Waals surface area (Å²) in [5.41, 5.74) is 5.71. The predicted molar refractivity (Wildman–Crippen MR) is 59.7 cm³/mol. The summed E-state index contributed by atoms with van der Waals surface area (Å²) in [6, 6.07) is 4.40. The van der Waals surface area contributed by atoms with Crippen LogP contribution < -0.4 is 5.73 Å². The molecule has 0 spiro atoms. The highest BCUT2D eigenvalue weighted by atomic mass is 35.5. The smallest absolute Gasteiger partial charge is 0.196 e. The summed E-state index contributed by atoms with van der Waals surface area (Å²) in [6.45, 7) is 0.447. The first-order valence-corrected chi connectivity index (χ1v) is 5.18. The highest BCUT2D eigenvalue weighted by molar-refractivity contribution is 6.30. The van der Waals surface area contributed by atoms with Crippen LogP contribution in [0.1, 0.15) is 5.89 Å². The molecule has 1 aromatic heterocycles. The third-order valence-electron chi connectivity index (χ3n) is 2.11. The van der Waals surface area contributed by atoms with Crippen molar-refractivity contribution in [3.8, 4) is 11.3 Å². The van der Waals surface area contributed by atoms with E-state index in [1.54, 1.807) is 12.1 Å². The molecule has 0 unspecified atom stereocenters. The zero-order chi connectivity index (χ0) is 11.5. The van der Waals surface area contributed by atoms with Crippen molar-refractivity contribution >= 4 is 11.6 Å². The van der Waals surface area contributed by atoms with Crippen LogP contribution in [0.2, 0.25) is 5.02 Å². The molecule has 0 aliphatic rings. The van der Waals surface area contributed by atoms with Crippen molar-refractivity contribution in [3.63, 3.8) is 0 Å². The predicted octanol–water partition coefficient (Wildman–Crippen LogP) is 2.64. The number of hydrogen-bond donors (Lipinski definition) is 1. The SMILES string of the molecule is NCCc1ncc(-c2ccc(Cl)cc2F)o1. The third-order valence-corrected chi connectivity index (χ3v) is 2.34. The van der Waals surface area contributed by atoms with Gasteiger partial charge in [-0.2, -0.15) is 0 Å². The second kappa shape index (κ2) is 4.63. The van der Waals surface area contributed by atoms with Gasteiger partial charge in [-0.25, -0.2) is 9.37 Å². The van der Waals surface area contributed by atoms with E-state index in [2.05, 4.69) is 4.98 Å². The molecule has 0 radical (unpaired) electrons. The topological polar surface area (TPSA) is 52.0 Å². The molecule has 84 valence electrons. The highest BCUT2D eigenvalue weighted by Gasteiger charge is 2.10. The fraction of sp³-hybridized carbons (Fsp3) is 0.182. The average molecular weight is 241 g/mol. The van der Waals surface area contributed by atoms with Crippen molar-refractivity contribution in [2.75, 3.05) is 6.54 Å². The molecule has 0 fully saturated rings. The van der Waals surface area contributed by atoms with Crippen molar-refractivity contribution in [3.05, 3.63) is 41.1 Å². The number of benzene rings is 1. The zero-order valence-corrected chi connectivity index (χ0v) is 9.17. The molecular weight excluding hydrogens is 231 g/mol. The average Bonchev–Trinajstić information content (AvgIpc) is 2.67. The minimum Gasteiger partial charge on any atom is -0.441 e. The number of halogens is 2. The van der Waals surface area contributed by atoms with Gasteiger partial charge in [0.15, 0.2) is 11.7 Å². The van der Waals surface area contributed by atoms with Gasteiger partial charge in [0.25, 0.3) is 0 Å². The Labute approximate surface area is 97.0 Å². The van der Waals surface area contributed by atoms with Crippen molar-refractivity contribution in [2.45, 2.75) is 6.42 Å². The number of aromatic nitrogens is 1. The molecule has 0 aliphatic carbocycles. The fourth-order valence-electron chi connectivity index (χ4n) is 1.36. The molecule has 1 heterocycles. The van der Waals surface area contributed by atoms with Crippen molar-refractivity contribution in [1.29, 1.82) is 0 Å². The van der Waals surface area contributed by atoms with Crippen LogP contribution in [0.5, 0.6) is 0 Å². The maximum absolute atomic E-state index is 13.5. The Morgan fingerprint density at radius 3 is 2.94 bits per heavy atom. The molecule has 16 heavy (non-hydrogen) atoms. The molecule has 2 N–H and O–H groups in total. The molecule has 0 amide bonds. The quantitative estimate of drug-likeness (QED) is 0.897. The first-order chi connectivity index (χ1) is 7.70. The molecule has 2 rings (SSSR count). The lowest BCUT2D eigenvalue weighted by Gasteiger charge is -1.98. The minimum atomic E-state index is -0.428. The number of oxazole rings is 1. The lowest BCUT2D eigenvalue weighted by molar-refractivity contribution is 0.504. The van der Waals surface area contributed by atoms with Gasteiger partial charge in [0.1, 0.15) is 5.82 Å². The number of nitrogens with two attached hydrogens (primary N) is 1. The summed E-state index contributed by atoms with van der Waals surface area (Å²) >= 11 is 5.66. The van der Waals surface area contributed by atoms with Gasteiger partial charge < -0.3 is 10.2 Å². The molecule has 0 saturated carbocycles. The molecular formula is C11H10ClFN2O. The Kier molecular flexibility index (Phi) is 3.22. The molecule has 3 nitrogen and oxygen atoms in total. The highest BCUT2D eigenvalue weighted by Crippen LogP contribution is 2.25. The van der Waals surface area contributed by atoms with Gasteiger partial charge in [0.05, 0.1) is 11.8 Å². The van der Waals surface area contributed by atoms with Gasteiger partial charge in [-0.15, -0.1) is 0 Å². The Hall–Kier alpha value is -1.39. The Morgan fingerprint density at radius 1 is 1.44 bits per heavy atom. The summed E-state index contributed by atoms with van der Waals surface area (Å²) in [7, 11) is 0. The normalized spacial score (nSPS) is 10.7. The number of rotatable bonds is 3. The minimum absolute atomic E-state index is 0.347. The Bertz CT molecular complexity index is 498. The van der Waals surface area contributed by atoms with Crippen LogP contribution in [0.4, 0.5) is 4.39 Å². The second-order valence-electron chi connectivity index (χ2n) is 3.28. The molecule has 0 bridgehead atoms. The van der Waals surface area contributed by atoms with E-state index in [1.165, 1.54) is 12.3 Å². The number of hydrogen-bond acceptors (Lipinski definition) is 3. The van der Waals surface area contributed by atoms with Gasteiger partial charge in [-0.05, 0) is 18.2 Å². The number of nitrogens with zero attached hydrogens (tertiary/aromatic N) is 1. The lowest BCUT2D eigenvalue weighted by atomic mass is 10.2. The van der Waals surface area contributed by atoms with E-state index >= 15 is 0 Å². The van der Waals surface area contributed by atoms with Crippen LogP contribution in [0.15, 0.2) is 28.8 Å². The largest absolute Gasteiger partial charge is 0.441 e. The van der Waals surface area contributed by atoms with Crippen molar-refractivity contribution in [2.24, 2.45) is 5.73 Å². The van der Waals surface area contributed by atoms with E-state index in [4.69, 9.17) is 21.8 Å². The first-order valence-electron chi connectivity index (χ1n) is 4.81. The lowest BCUT2D eigenvalue weighted by Crippen LogP contribution is -2.02. The van der Waals surface area contributed by atoms with Gasteiger partial charge in [0, 0.05) is 18.0 Å². The molecule has 1 aromatic carbocycles. The van der Waals surface area contributed by atoms with E-state index in [0.717, 1.165) is 0 Å². The summed E-state index contributed by atoms with van der Waals surface area (Å²) in [4.78, 5) is 4.00. The van der Waals surface area contributed by atoms with E-state index in [0.29, 0.717) is 35.2 Å². The summed E-state index contributed by atoms with van der Waals surface area (Å²) in [6.07, 6.45) is 2.02. The zero-order valence-electron chi connectivity index (χ0n) is 8.41. The van der Waals surface area contributed by atoms with Crippen LogP contribution in [-0.2, 0) is 6.42 Å². The monoisotopic (exact) mass is 240 g/mol. The van der Waals surface area contributed by atoms with E-state index in [1.807, 2.05) is 0 Å². The molecule has 0 atom stereocenters. The van der Waals surface area contributed by atoms with E-state index in [-0.39, 0.29) is 0 Å². The Morgan fingerprint density at radius 2 is 2.25 bits per heavy atom. The third kappa shape index (κ3) is 2.23. The summed E-state index contributed by atoms with van der Waals surface area (Å²) in [5, 5.41) is 0.350. The Balaban J connectivity index is 2.35. The van der Waals surface area contributed by atoms with Crippen LogP contribution in [0.25, 0.3) is 11.3 Å². The summed E-state index contributed by atoms with van der Waals surface area (Å²) < 4.78 is 18.9. The first kappa shape index (κ1) is 11.1. The van der Waals surface area contributed by atoms with Crippen molar-refractivity contribution in [1.82, 2.24) is 4.98 Å². The molecule has 0 saturated heterocycles. The fourth-order valence-corrected chi connectivity index (χ4v) is 1.52. The molecule has 0 aliphatic heterocycles. The van der Waals surface area contributed by atoms with Crippen LogP contribution in [0.3, 0.4) is 0 Å². The standard InChI is InChI=1S/C11H10ClFN2O/c12-7-1-2-8(9(13)5-7)10-6-15-11(16-10)3-4-14/h1-2,5-6H,3-4,14H2. The van der Waals surface area contributed by atoms with Gasteiger partial charge in [-0.1, -0.05) is 11.6 Å². The summed E-state index contributed by atoms with van der Waals surface area (Å²) in [5.74, 6) is 0.465. The van der Waals surface area contributed by atoms with Gasteiger partial charge in [0.2, 0.25) is 0 Å². The van der Waals surface area contributed by atoms with Gasteiger partial charge in [-0.3, -0.25) is 0 Å². The van der Waals surface area contributed by atoms with E-state index < -0.39 is 5.82 Å². The van der Waals surface area contributed by atoms with E-state index in [9.17, 15) is 4.39 Å². The van der Waals surface area contributed by atoms with Gasteiger partial charge >= 0.3 is 0 Å². The van der Waals surface area contributed by atoms with Crippen LogP contribution in [0, 0.1) is 5.82 Å². The molecule has 2 aromatic rings.